The molecule has 0 saturated carbocycles. The molecule has 2 aromatic rings. The monoisotopic (exact) mass is 372 g/mol. The number of carbonyl (C=O) groups excluding carboxylic acids is 1. The molecule has 1 heterocycles. The van der Waals surface area contributed by atoms with E-state index in [-0.39, 0.29) is 5.82 Å². The Labute approximate surface area is 133 Å². The van der Waals surface area contributed by atoms with Crippen molar-refractivity contribution in [2.75, 3.05) is 5.32 Å². The summed E-state index contributed by atoms with van der Waals surface area (Å²) < 4.78 is 39.1. The number of nitrogens with zero attached hydrogens (tertiary/aromatic N) is 1. The molecule has 0 saturated heterocycles. The molecule has 0 spiro atoms. The van der Waals surface area contributed by atoms with Gasteiger partial charge in [0.1, 0.15) is 11.6 Å². The number of pyridine rings is 1. The highest BCUT2D eigenvalue weighted by atomic mass is 79.9. The number of hydrogen-bond acceptors (Lipinski definition) is 2. The number of hydrogen-bond donors (Lipinski definition) is 1. The van der Waals surface area contributed by atoms with E-state index in [1.54, 1.807) is 12.1 Å². The number of nitrogens with one attached hydrogen (secondary N) is 1. The van der Waals surface area contributed by atoms with E-state index in [9.17, 15) is 18.0 Å². The zero-order valence-corrected chi connectivity index (χ0v) is 12.9. The lowest BCUT2D eigenvalue weighted by Gasteiger charge is -2.16. The normalized spacial score (nSPS) is 12.2. The Morgan fingerprint density at radius 3 is 2.50 bits per heavy atom. The number of benzene rings is 1. The molecule has 0 radical (unpaired) electrons. The maximum Gasteiger partial charge on any atom is 0.239 e. The van der Waals surface area contributed by atoms with Crippen LogP contribution in [0.4, 0.5) is 19.0 Å². The van der Waals surface area contributed by atoms with Gasteiger partial charge in [0.15, 0.2) is 0 Å². The molecule has 1 unspecified atom stereocenters. The van der Waals surface area contributed by atoms with Crippen molar-refractivity contribution in [3.8, 4) is 0 Å². The summed E-state index contributed by atoms with van der Waals surface area (Å²) in [6, 6.07) is 8.16. The molecule has 0 aliphatic heterocycles. The minimum absolute atomic E-state index is 0.251. The van der Waals surface area contributed by atoms with E-state index >= 15 is 0 Å². The van der Waals surface area contributed by atoms with Crippen molar-refractivity contribution in [3.63, 3.8) is 0 Å². The van der Waals surface area contributed by atoms with E-state index in [4.69, 9.17) is 0 Å². The molecule has 22 heavy (non-hydrogen) atoms. The van der Waals surface area contributed by atoms with Crippen molar-refractivity contribution in [2.24, 2.45) is 0 Å². The number of amides is 1. The summed E-state index contributed by atoms with van der Waals surface area (Å²) in [5, 5.41) is 2.49. The number of carbonyl (C=O) groups is 1. The van der Waals surface area contributed by atoms with Gasteiger partial charge in [0.2, 0.25) is 12.3 Å². The van der Waals surface area contributed by atoms with Crippen LogP contribution in [0.5, 0.6) is 0 Å². The number of anilines is 1. The van der Waals surface area contributed by atoms with Crippen molar-refractivity contribution in [2.45, 2.75) is 18.8 Å². The van der Waals surface area contributed by atoms with E-state index in [1.807, 2.05) is 0 Å². The van der Waals surface area contributed by atoms with E-state index in [0.29, 0.717) is 10.0 Å². The smallest absolute Gasteiger partial charge is 0.239 e. The third-order valence-electron chi connectivity index (χ3n) is 2.98. The minimum Gasteiger partial charge on any atom is -0.310 e. The molecular formula is C15H12BrF3N2O. The second-order valence-corrected chi connectivity index (χ2v) is 5.50. The standard InChI is InChI=1S/C15H12BrF3N2O/c16-10-5-6-20-14(7-10)21-15(22)12(8-13(18)19)9-1-3-11(17)4-2-9/h1-7,12-13H,8H2,(H,20,21,22). The zero-order chi connectivity index (χ0) is 16.1. The number of alkyl halides is 2. The van der Waals surface area contributed by atoms with Crippen molar-refractivity contribution >= 4 is 27.7 Å². The second kappa shape index (κ2) is 7.40. The number of aromatic nitrogens is 1. The Kier molecular flexibility index (Phi) is 5.54. The lowest BCUT2D eigenvalue weighted by atomic mass is 9.95. The van der Waals surface area contributed by atoms with Gasteiger partial charge in [-0.2, -0.15) is 0 Å². The highest BCUT2D eigenvalue weighted by Crippen LogP contribution is 2.25. The molecule has 1 aromatic heterocycles. The van der Waals surface area contributed by atoms with E-state index < -0.39 is 30.5 Å². The van der Waals surface area contributed by atoms with Gasteiger partial charge in [-0.25, -0.2) is 18.2 Å². The molecule has 3 nitrogen and oxygen atoms in total. The summed E-state index contributed by atoms with van der Waals surface area (Å²) in [6.45, 7) is 0. The molecule has 0 aliphatic rings. The van der Waals surface area contributed by atoms with Gasteiger partial charge in [-0.1, -0.05) is 28.1 Å². The van der Waals surface area contributed by atoms with Gasteiger partial charge in [0.05, 0.1) is 5.92 Å². The first kappa shape index (κ1) is 16.5. The maximum atomic E-state index is 12.9. The van der Waals surface area contributed by atoms with Crippen LogP contribution in [-0.4, -0.2) is 17.3 Å². The topological polar surface area (TPSA) is 42.0 Å². The van der Waals surface area contributed by atoms with Gasteiger partial charge in [-0.05, 0) is 29.8 Å². The van der Waals surface area contributed by atoms with Crippen molar-refractivity contribution in [1.82, 2.24) is 4.98 Å². The fourth-order valence-electron chi connectivity index (χ4n) is 1.95. The number of rotatable bonds is 5. The van der Waals surface area contributed by atoms with Gasteiger partial charge in [-0.15, -0.1) is 0 Å². The van der Waals surface area contributed by atoms with Gasteiger partial charge >= 0.3 is 0 Å². The van der Waals surface area contributed by atoms with Gasteiger partial charge < -0.3 is 5.32 Å². The Morgan fingerprint density at radius 1 is 1.23 bits per heavy atom. The maximum absolute atomic E-state index is 12.9. The average Bonchev–Trinajstić information content (AvgIpc) is 2.45. The molecule has 0 fully saturated rings. The van der Waals surface area contributed by atoms with Crippen molar-refractivity contribution in [3.05, 3.63) is 58.4 Å². The summed E-state index contributed by atoms with van der Waals surface area (Å²) in [5.41, 5.74) is 0.328. The lowest BCUT2D eigenvalue weighted by Crippen LogP contribution is -2.23. The van der Waals surface area contributed by atoms with Crippen LogP contribution in [0.2, 0.25) is 0 Å². The van der Waals surface area contributed by atoms with Gasteiger partial charge in [-0.3, -0.25) is 4.79 Å². The third-order valence-corrected chi connectivity index (χ3v) is 3.47. The predicted octanol–water partition coefficient (Wildman–Crippen LogP) is 4.36. The molecule has 116 valence electrons. The Morgan fingerprint density at radius 2 is 1.91 bits per heavy atom. The van der Waals surface area contributed by atoms with Crippen molar-refractivity contribution in [1.29, 1.82) is 0 Å². The van der Waals surface area contributed by atoms with Crippen LogP contribution in [0.25, 0.3) is 0 Å². The largest absolute Gasteiger partial charge is 0.310 e. The predicted molar refractivity (Wildman–Crippen MR) is 80.3 cm³/mol. The molecule has 1 N–H and O–H groups in total. The first-order chi connectivity index (χ1) is 10.5. The average molecular weight is 373 g/mol. The van der Waals surface area contributed by atoms with Crippen LogP contribution in [0.3, 0.4) is 0 Å². The van der Waals surface area contributed by atoms with Crippen LogP contribution in [-0.2, 0) is 4.79 Å². The summed E-state index contributed by atoms with van der Waals surface area (Å²) in [6.07, 6.45) is -1.83. The van der Waals surface area contributed by atoms with Crippen LogP contribution >= 0.6 is 15.9 Å². The highest BCUT2D eigenvalue weighted by Gasteiger charge is 2.25. The second-order valence-electron chi connectivity index (χ2n) is 4.58. The van der Waals surface area contributed by atoms with Crippen molar-refractivity contribution < 1.29 is 18.0 Å². The molecule has 0 aliphatic carbocycles. The highest BCUT2D eigenvalue weighted by molar-refractivity contribution is 9.10. The minimum atomic E-state index is -2.66. The molecule has 1 aromatic carbocycles. The quantitative estimate of drug-likeness (QED) is 0.846. The van der Waals surface area contributed by atoms with Crippen LogP contribution < -0.4 is 5.32 Å². The Bertz CT molecular complexity index is 649. The van der Waals surface area contributed by atoms with E-state index in [2.05, 4.69) is 26.2 Å². The molecule has 7 heteroatoms. The van der Waals surface area contributed by atoms with Gasteiger partial charge in [0, 0.05) is 17.1 Å². The summed E-state index contributed by atoms with van der Waals surface area (Å²) in [7, 11) is 0. The van der Waals surface area contributed by atoms with E-state index in [0.717, 1.165) is 12.1 Å². The Balaban J connectivity index is 2.21. The van der Waals surface area contributed by atoms with Gasteiger partial charge in [0.25, 0.3) is 0 Å². The first-order valence-electron chi connectivity index (χ1n) is 6.41. The molecule has 0 bridgehead atoms. The first-order valence-corrected chi connectivity index (χ1v) is 7.21. The molecule has 2 rings (SSSR count). The molecule has 1 amide bonds. The lowest BCUT2D eigenvalue weighted by molar-refractivity contribution is -0.118. The number of halogens is 4. The van der Waals surface area contributed by atoms with Crippen LogP contribution in [0.1, 0.15) is 17.9 Å². The Hall–Kier alpha value is -1.89. The SMILES string of the molecule is O=C(Nc1cc(Br)ccn1)C(CC(F)F)c1ccc(F)cc1. The summed E-state index contributed by atoms with van der Waals surface area (Å²) in [4.78, 5) is 16.2. The third kappa shape index (κ3) is 4.56. The zero-order valence-electron chi connectivity index (χ0n) is 11.3. The fraction of sp³-hybridized carbons (Fsp3) is 0.200. The van der Waals surface area contributed by atoms with Crippen LogP contribution in [0, 0.1) is 5.82 Å². The van der Waals surface area contributed by atoms with Crippen LogP contribution in [0.15, 0.2) is 47.1 Å². The molecule has 1 atom stereocenters. The molecular weight excluding hydrogens is 361 g/mol. The summed E-state index contributed by atoms with van der Waals surface area (Å²) >= 11 is 3.23. The fourth-order valence-corrected chi connectivity index (χ4v) is 2.29. The van der Waals surface area contributed by atoms with E-state index in [1.165, 1.54) is 18.3 Å². The summed E-state index contributed by atoms with van der Waals surface area (Å²) in [5.74, 6) is -1.94.